The van der Waals surface area contributed by atoms with Gasteiger partial charge in [0.2, 0.25) is 0 Å². The Morgan fingerprint density at radius 3 is 2.60 bits per heavy atom. The van der Waals surface area contributed by atoms with Crippen LogP contribution in [0.2, 0.25) is 5.02 Å². The van der Waals surface area contributed by atoms with Crippen molar-refractivity contribution >= 4 is 51.3 Å². The van der Waals surface area contributed by atoms with Crippen LogP contribution in [-0.2, 0) is 0 Å². The SMILES string of the molecule is Cc1cc(NC(=O)c2ccccc2Cl)sc1C(=O)Nc1cccnc1N1CCCC1. The number of hydrogen-bond donors (Lipinski definition) is 2. The van der Waals surface area contributed by atoms with Gasteiger partial charge in [0.05, 0.1) is 26.2 Å². The lowest BCUT2D eigenvalue weighted by Crippen LogP contribution is -2.22. The van der Waals surface area contributed by atoms with Crippen molar-refractivity contribution in [3.05, 3.63) is 69.7 Å². The number of aryl methyl sites for hydroxylation is 1. The zero-order valence-electron chi connectivity index (χ0n) is 16.4. The third-order valence-corrected chi connectivity index (χ3v) is 6.40. The van der Waals surface area contributed by atoms with E-state index in [2.05, 4.69) is 20.5 Å². The summed E-state index contributed by atoms with van der Waals surface area (Å²) in [5, 5.41) is 6.79. The molecule has 0 atom stereocenters. The molecule has 2 amide bonds. The predicted octanol–water partition coefficient (Wildman–Crippen LogP) is 5.21. The van der Waals surface area contributed by atoms with Crippen molar-refractivity contribution < 1.29 is 9.59 Å². The number of anilines is 3. The minimum absolute atomic E-state index is 0.218. The van der Waals surface area contributed by atoms with Crippen molar-refractivity contribution in [1.29, 1.82) is 0 Å². The number of nitrogens with zero attached hydrogens (tertiary/aromatic N) is 2. The average molecular weight is 441 g/mol. The second kappa shape index (κ2) is 8.85. The van der Waals surface area contributed by atoms with E-state index in [-0.39, 0.29) is 11.8 Å². The molecule has 1 aliphatic rings. The highest BCUT2D eigenvalue weighted by molar-refractivity contribution is 7.18. The smallest absolute Gasteiger partial charge is 0.266 e. The minimum atomic E-state index is -0.308. The minimum Gasteiger partial charge on any atom is -0.355 e. The quantitative estimate of drug-likeness (QED) is 0.571. The molecule has 4 rings (SSSR count). The van der Waals surface area contributed by atoms with E-state index in [0.29, 0.717) is 26.2 Å². The fourth-order valence-electron chi connectivity index (χ4n) is 3.45. The highest BCUT2D eigenvalue weighted by atomic mass is 35.5. The molecule has 1 aromatic carbocycles. The zero-order chi connectivity index (χ0) is 21.1. The molecule has 3 heterocycles. The molecule has 0 radical (unpaired) electrons. The normalized spacial score (nSPS) is 13.3. The van der Waals surface area contributed by atoms with E-state index in [1.807, 2.05) is 19.1 Å². The van der Waals surface area contributed by atoms with Crippen LogP contribution in [0.3, 0.4) is 0 Å². The number of carbonyl (C=O) groups is 2. The molecule has 1 saturated heterocycles. The fraction of sp³-hybridized carbons (Fsp3) is 0.227. The van der Waals surface area contributed by atoms with Crippen molar-refractivity contribution in [1.82, 2.24) is 4.98 Å². The molecule has 1 fully saturated rings. The first-order valence-corrected chi connectivity index (χ1v) is 10.9. The van der Waals surface area contributed by atoms with E-state index in [4.69, 9.17) is 11.6 Å². The van der Waals surface area contributed by atoms with Crippen LogP contribution >= 0.6 is 22.9 Å². The third-order valence-electron chi connectivity index (χ3n) is 4.92. The van der Waals surface area contributed by atoms with Crippen LogP contribution in [0, 0.1) is 6.92 Å². The molecule has 2 N–H and O–H groups in total. The van der Waals surface area contributed by atoms with Gasteiger partial charge in [0.25, 0.3) is 11.8 Å². The summed E-state index contributed by atoms with van der Waals surface area (Å²) in [6.07, 6.45) is 3.99. The Morgan fingerprint density at radius 1 is 1.07 bits per heavy atom. The van der Waals surface area contributed by atoms with Crippen molar-refractivity contribution in [3.8, 4) is 0 Å². The molecule has 2 aromatic heterocycles. The van der Waals surface area contributed by atoms with Crippen molar-refractivity contribution in [2.24, 2.45) is 0 Å². The molecule has 6 nitrogen and oxygen atoms in total. The number of nitrogens with one attached hydrogen (secondary N) is 2. The largest absolute Gasteiger partial charge is 0.355 e. The third kappa shape index (κ3) is 4.32. The predicted molar refractivity (Wildman–Crippen MR) is 122 cm³/mol. The van der Waals surface area contributed by atoms with Gasteiger partial charge in [-0.2, -0.15) is 0 Å². The number of amides is 2. The van der Waals surface area contributed by atoms with Crippen LogP contribution in [0.25, 0.3) is 0 Å². The summed E-state index contributed by atoms with van der Waals surface area (Å²) >= 11 is 7.33. The monoisotopic (exact) mass is 440 g/mol. The van der Waals surface area contributed by atoms with Crippen molar-refractivity contribution in [2.75, 3.05) is 28.6 Å². The van der Waals surface area contributed by atoms with E-state index >= 15 is 0 Å². The Hall–Kier alpha value is -2.90. The summed E-state index contributed by atoms with van der Waals surface area (Å²) in [4.78, 5) is 32.6. The number of halogens is 1. The number of hydrogen-bond acceptors (Lipinski definition) is 5. The number of aromatic nitrogens is 1. The van der Waals surface area contributed by atoms with Crippen LogP contribution in [0.15, 0.2) is 48.7 Å². The van der Waals surface area contributed by atoms with Crippen LogP contribution in [-0.4, -0.2) is 29.9 Å². The molecule has 30 heavy (non-hydrogen) atoms. The molecule has 1 aliphatic heterocycles. The Balaban J connectivity index is 1.50. The van der Waals surface area contributed by atoms with Crippen LogP contribution in [0.5, 0.6) is 0 Å². The molecular formula is C22H21ClN4O2S. The second-order valence-corrected chi connectivity index (χ2v) is 8.54. The maximum absolute atomic E-state index is 12.9. The topological polar surface area (TPSA) is 74.3 Å². The van der Waals surface area contributed by atoms with E-state index in [9.17, 15) is 9.59 Å². The number of benzene rings is 1. The van der Waals surface area contributed by atoms with Gasteiger partial charge in [-0.15, -0.1) is 11.3 Å². The number of thiophene rings is 1. The van der Waals surface area contributed by atoms with Gasteiger partial charge in [-0.05, 0) is 55.7 Å². The van der Waals surface area contributed by atoms with Crippen molar-refractivity contribution in [2.45, 2.75) is 19.8 Å². The number of carbonyl (C=O) groups excluding carboxylic acids is 2. The van der Waals surface area contributed by atoms with Gasteiger partial charge in [0, 0.05) is 19.3 Å². The van der Waals surface area contributed by atoms with Gasteiger partial charge in [-0.1, -0.05) is 23.7 Å². The molecule has 0 bridgehead atoms. The zero-order valence-corrected chi connectivity index (χ0v) is 18.0. The van der Waals surface area contributed by atoms with Gasteiger partial charge in [0.1, 0.15) is 0 Å². The second-order valence-electron chi connectivity index (χ2n) is 7.08. The van der Waals surface area contributed by atoms with E-state index < -0.39 is 0 Å². The lowest BCUT2D eigenvalue weighted by molar-refractivity contribution is 0.102. The van der Waals surface area contributed by atoms with E-state index in [0.717, 1.165) is 37.3 Å². The average Bonchev–Trinajstić information content (AvgIpc) is 3.38. The molecule has 0 spiro atoms. The fourth-order valence-corrected chi connectivity index (χ4v) is 4.63. The molecule has 0 aliphatic carbocycles. The summed E-state index contributed by atoms with van der Waals surface area (Å²) in [7, 11) is 0. The Labute approximate surface area is 183 Å². The number of rotatable bonds is 5. The summed E-state index contributed by atoms with van der Waals surface area (Å²) in [6.45, 7) is 3.73. The van der Waals surface area contributed by atoms with Crippen LogP contribution in [0.4, 0.5) is 16.5 Å². The lowest BCUT2D eigenvalue weighted by Gasteiger charge is -2.19. The standard InChI is InChI=1S/C22H21ClN4O2S/c1-14-13-18(26-21(28)15-7-2-3-8-16(15)23)30-19(14)22(29)25-17-9-6-10-24-20(17)27-11-4-5-12-27/h2-3,6-10,13H,4-5,11-12H2,1H3,(H,25,29)(H,26,28). The first-order valence-electron chi connectivity index (χ1n) is 9.70. The highest BCUT2D eigenvalue weighted by Crippen LogP contribution is 2.31. The molecular weight excluding hydrogens is 420 g/mol. The summed E-state index contributed by atoms with van der Waals surface area (Å²) < 4.78 is 0. The Kier molecular flexibility index (Phi) is 6.01. The highest BCUT2D eigenvalue weighted by Gasteiger charge is 2.21. The summed E-state index contributed by atoms with van der Waals surface area (Å²) in [6, 6.07) is 12.3. The lowest BCUT2D eigenvalue weighted by atomic mass is 10.2. The van der Waals surface area contributed by atoms with E-state index in [1.165, 1.54) is 11.3 Å². The van der Waals surface area contributed by atoms with Crippen LogP contribution < -0.4 is 15.5 Å². The first-order chi connectivity index (χ1) is 14.5. The first kappa shape index (κ1) is 20.4. The number of pyridine rings is 1. The van der Waals surface area contributed by atoms with E-state index in [1.54, 1.807) is 36.5 Å². The van der Waals surface area contributed by atoms with Crippen molar-refractivity contribution in [3.63, 3.8) is 0 Å². The van der Waals surface area contributed by atoms with Gasteiger partial charge >= 0.3 is 0 Å². The molecule has 154 valence electrons. The Morgan fingerprint density at radius 2 is 1.83 bits per heavy atom. The Bertz CT molecular complexity index is 1090. The van der Waals surface area contributed by atoms with Crippen LogP contribution in [0.1, 0.15) is 38.4 Å². The summed E-state index contributed by atoms with van der Waals surface area (Å²) in [5.41, 5.74) is 1.87. The molecule has 0 unspecified atom stereocenters. The maximum atomic E-state index is 12.9. The van der Waals surface area contributed by atoms with Gasteiger partial charge < -0.3 is 15.5 Å². The molecule has 8 heteroatoms. The molecule has 3 aromatic rings. The van der Waals surface area contributed by atoms with Gasteiger partial charge in [0.15, 0.2) is 5.82 Å². The summed E-state index contributed by atoms with van der Waals surface area (Å²) in [5.74, 6) is 0.270. The van der Waals surface area contributed by atoms with Gasteiger partial charge in [-0.25, -0.2) is 4.98 Å². The maximum Gasteiger partial charge on any atom is 0.266 e. The molecule has 0 saturated carbocycles. The van der Waals surface area contributed by atoms with Gasteiger partial charge in [-0.3, -0.25) is 9.59 Å².